The van der Waals surface area contributed by atoms with Crippen molar-refractivity contribution in [1.29, 1.82) is 0 Å². The van der Waals surface area contributed by atoms with Gasteiger partial charge in [-0.1, -0.05) is 12.1 Å². The third-order valence-electron chi connectivity index (χ3n) is 4.85. The average molecular weight is 350 g/mol. The molecule has 1 aliphatic rings. The fourth-order valence-corrected chi connectivity index (χ4v) is 3.52. The molecule has 4 rings (SSSR count). The van der Waals surface area contributed by atoms with E-state index in [1.165, 1.54) is 0 Å². The number of amides is 1. The number of aryl methyl sites for hydroxylation is 1. The van der Waals surface area contributed by atoms with Crippen molar-refractivity contribution in [3.63, 3.8) is 0 Å². The Morgan fingerprint density at radius 2 is 2.04 bits per heavy atom. The molecule has 1 saturated heterocycles. The van der Waals surface area contributed by atoms with Crippen LogP contribution in [0.15, 0.2) is 49.1 Å². The molecule has 132 valence electrons. The highest BCUT2D eigenvalue weighted by Crippen LogP contribution is 2.33. The number of aromatic nitrogens is 3. The molecule has 3 aromatic rings. The van der Waals surface area contributed by atoms with Crippen LogP contribution in [0.4, 0.5) is 0 Å². The van der Waals surface area contributed by atoms with E-state index in [0.717, 1.165) is 11.1 Å². The van der Waals surface area contributed by atoms with Crippen LogP contribution in [0.25, 0.3) is 5.65 Å². The van der Waals surface area contributed by atoms with Crippen molar-refractivity contribution in [3.05, 3.63) is 65.9 Å². The topological polar surface area (TPSA) is 87.8 Å². The summed E-state index contributed by atoms with van der Waals surface area (Å²) in [5, 5.41) is 9.58. The molecule has 7 nitrogen and oxygen atoms in total. The van der Waals surface area contributed by atoms with Crippen LogP contribution < -0.4 is 0 Å². The summed E-state index contributed by atoms with van der Waals surface area (Å²) in [6.45, 7) is 2.48. The Bertz CT molecular complexity index is 983. The van der Waals surface area contributed by atoms with Gasteiger partial charge in [0.25, 0.3) is 5.91 Å². The first-order valence-electron chi connectivity index (χ1n) is 8.40. The van der Waals surface area contributed by atoms with Crippen LogP contribution in [-0.2, 0) is 4.79 Å². The zero-order valence-corrected chi connectivity index (χ0v) is 14.2. The number of pyridine rings is 2. The van der Waals surface area contributed by atoms with Gasteiger partial charge in [-0.05, 0) is 30.2 Å². The van der Waals surface area contributed by atoms with Crippen LogP contribution in [0.3, 0.4) is 0 Å². The summed E-state index contributed by atoms with van der Waals surface area (Å²) in [6.07, 6.45) is 6.91. The Balaban J connectivity index is 1.62. The summed E-state index contributed by atoms with van der Waals surface area (Å²) in [7, 11) is 0. The number of hydrogen-bond acceptors (Lipinski definition) is 4. The molecule has 4 heterocycles. The molecule has 1 aliphatic heterocycles. The number of nitrogens with zero attached hydrogens (tertiary/aromatic N) is 4. The van der Waals surface area contributed by atoms with Gasteiger partial charge in [0, 0.05) is 43.8 Å². The maximum absolute atomic E-state index is 12.9. The summed E-state index contributed by atoms with van der Waals surface area (Å²) in [5.74, 6) is -2.07. The van der Waals surface area contributed by atoms with E-state index in [0.29, 0.717) is 17.9 Å². The first kappa shape index (κ1) is 16.3. The lowest BCUT2D eigenvalue weighted by atomic mass is 9.90. The number of imidazole rings is 1. The van der Waals surface area contributed by atoms with Crippen molar-refractivity contribution >= 4 is 17.5 Å². The number of aliphatic carboxylic acids is 1. The average Bonchev–Trinajstić information content (AvgIpc) is 3.26. The van der Waals surface area contributed by atoms with Gasteiger partial charge in [-0.15, -0.1) is 0 Å². The molecule has 0 bridgehead atoms. The quantitative estimate of drug-likeness (QED) is 0.780. The van der Waals surface area contributed by atoms with Gasteiger partial charge in [0.1, 0.15) is 11.3 Å². The van der Waals surface area contributed by atoms with Crippen LogP contribution in [0, 0.1) is 12.8 Å². The standard InChI is InChI=1S/C19H18N4O3/c1-12-4-5-17-21-16(11-22(17)8-12)18(24)23-9-14(15(10-23)19(25)26)13-3-2-6-20-7-13/h2-8,11,14-15H,9-10H2,1H3,(H,25,26)/t14-,15+/m0/s1. The lowest BCUT2D eigenvalue weighted by molar-refractivity contribution is -0.141. The molecule has 0 aromatic carbocycles. The number of carboxylic acid groups (broad SMARTS) is 1. The molecule has 0 saturated carbocycles. The van der Waals surface area contributed by atoms with E-state index in [9.17, 15) is 14.7 Å². The number of carbonyl (C=O) groups is 2. The zero-order valence-electron chi connectivity index (χ0n) is 14.2. The van der Waals surface area contributed by atoms with Gasteiger partial charge in [0.05, 0.1) is 5.92 Å². The molecule has 3 aromatic heterocycles. The molecule has 2 atom stereocenters. The molecule has 0 aliphatic carbocycles. The fourth-order valence-electron chi connectivity index (χ4n) is 3.52. The normalized spacial score (nSPS) is 19.8. The monoisotopic (exact) mass is 350 g/mol. The van der Waals surface area contributed by atoms with Crippen LogP contribution >= 0.6 is 0 Å². The second kappa shape index (κ2) is 6.25. The van der Waals surface area contributed by atoms with Crippen molar-refractivity contribution in [2.24, 2.45) is 5.92 Å². The second-order valence-corrected chi connectivity index (χ2v) is 6.65. The summed E-state index contributed by atoms with van der Waals surface area (Å²) in [6, 6.07) is 7.43. The summed E-state index contributed by atoms with van der Waals surface area (Å²) >= 11 is 0. The Labute approximate surface area is 149 Å². The Morgan fingerprint density at radius 3 is 2.77 bits per heavy atom. The Hall–Kier alpha value is -3.22. The number of hydrogen-bond donors (Lipinski definition) is 1. The maximum atomic E-state index is 12.9. The van der Waals surface area contributed by atoms with Gasteiger partial charge in [-0.2, -0.15) is 0 Å². The number of carboxylic acids is 1. The van der Waals surface area contributed by atoms with Crippen molar-refractivity contribution in [2.75, 3.05) is 13.1 Å². The lowest BCUT2D eigenvalue weighted by Crippen LogP contribution is -2.30. The molecule has 26 heavy (non-hydrogen) atoms. The first-order chi connectivity index (χ1) is 12.5. The van der Waals surface area contributed by atoms with Crippen molar-refractivity contribution in [3.8, 4) is 0 Å². The van der Waals surface area contributed by atoms with Crippen molar-refractivity contribution < 1.29 is 14.7 Å². The van der Waals surface area contributed by atoms with E-state index in [1.54, 1.807) is 29.6 Å². The number of likely N-dealkylation sites (tertiary alicyclic amines) is 1. The van der Waals surface area contributed by atoms with E-state index in [4.69, 9.17) is 0 Å². The smallest absolute Gasteiger partial charge is 0.308 e. The van der Waals surface area contributed by atoms with E-state index in [-0.39, 0.29) is 18.4 Å². The summed E-state index contributed by atoms with van der Waals surface area (Å²) in [4.78, 5) is 34.6. The highest BCUT2D eigenvalue weighted by Gasteiger charge is 2.41. The molecule has 0 unspecified atom stereocenters. The molecular formula is C19H18N4O3. The molecule has 1 fully saturated rings. The molecular weight excluding hydrogens is 332 g/mol. The Kier molecular flexibility index (Phi) is 3.91. The van der Waals surface area contributed by atoms with E-state index in [1.807, 2.05) is 35.7 Å². The molecule has 0 radical (unpaired) electrons. The van der Waals surface area contributed by atoms with Gasteiger partial charge < -0.3 is 14.4 Å². The SMILES string of the molecule is Cc1ccc2nc(C(=O)N3C[C@@H](C(=O)O)[C@H](c4cccnc4)C3)cn2c1. The number of rotatable bonds is 3. The highest BCUT2D eigenvalue weighted by atomic mass is 16.4. The van der Waals surface area contributed by atoms with E-state index in [2.05, 4.69) is 9.97 Å². The van der Waals surface area contributed by atoms with Gasteiger partial charge in [-0.25, -0.2) is 4.98 Å². The van der Waals surface area contributed by atoms with Crippen LogP contribution in [0.2, 0.25) is 0 Å². The van der Waals surface area contributed by atoms with Crippen LogP contribution in [0.5, 0.6) is 0 Å². The second-order valence-electron chi connectivity index (χ2n) is 6.65. The minimum absolute atomic E-state index is 0.167. The van der Waals surface area contributed by atoms with Crippen LogP contribution in [-0.4, -0.2) is 49.3 Å². The summed E-state index contributed by atoms with van der Waals surface area (Å²) < 4.78 is 1.81. The van der Waals surface area contributed by atoms with Gasteiger partial charge in [-0.3, -0.25) is 14.6 Å². The molecule has 7 heteroatoms. The predicted octanol–water partition coefficient (Wildman–Crippen LogP) is 1.98. The fraction of sp³-hybridized carbons (Fsp3) is 0.263. The van der Waals surface area contributed by atoms with Crippen molar-refractivity contribution in [2.45, 2.75) is 12.8 Å². The molecule has 0 spiro atoms. The minimum Gasteiger partial charge on any atom is -0.481 e. The van der Waals surface area contributed by atoms with Crippen LogP contribution in [0.1, 0.15) is 27.5 Å². The van der Waals surface area contributed by atoms with E-state index < -0.39 is 11.9 Å². The molecule has 1 amide bonds. The first-order valence-corrected chi connectivity index (χ1v) is 8.40. The van der Waals surface area contributed by atoms with Gasteiger partial charge in [0.2, 0.25) is 0 Å². The number of fused-ring (bicyclic) bond motifs is 1. The maximum Gasteiger partial charge on any atom is 0.308 e. The zero-order chi connectivity index (χ0) is 18.3. The van der Waals surface area contributed by atoms with Gasteiger partial charge in [0.15, 0.2) is 0 Å². The number of carbonyl (C=O) groups excluding carboxylic acids is 1. The van der Waals surface area contributed by atoms with Gasteiger partial charge >= 0.3 is 5.97 Å². The predicted molar refractivity (Wildman–Crippen MR) is 93.9 cm³/mol. The highest BCUT2D eigenvalue weighted by molar-refractivity contribution is 5.93. The third-order valence-corrected chi connectivity index (χ3v) is 4.85. The van der Waals surface area contributed by atoms with E-state index >= 15 is 0 Å². The third kappa shape index (κ3) is 2.81. The lowest BCUT2D eigenvalue weighted by Gasteiger charge is -2.15. The minimum atomic E-state index is -0.903. The molecule has 1 N–H and O–H groups in total. The largest absolute Gasteiger partial charge is 0.481 e. The van der Waals surface area contributed by atoms with Crippen molar-refractivity contribution in [1.82, 2.24) is 19.3 Å². The summed E-state index contributed by atoms with van der Waals surface area (Å²) in [5.41, 5.74) is 2.92. The Morgan fingerprint density at radius 1 is 1.19 bits per heavy atom.